The summed E-state index contributed by atoms with van der Waals surface area (Å²) < 4.78 is 13.5. The molecule has 2 aromatic carbocycles. The second-order valence-corrected chi connectivity index (χ2v) is 9.77. The van der Waals surface area contributed by atoms with Gasteiger partial charge in [-0.2, -0.15) is 0 Å². The molecule has 0 spiro atoms. The summed E-state index contributed by atoms with van der Waals surface area (Å²) in [5.41, 5.74) is 3.07. The highest BCUT2D eigenvalue weighted by Crippen LogP contribution is 2.42. The minimum absolute atomic E-state index is 0.0629. The van der Waals surface area contributed by atoms with E-state index in [9.17, 15) is 14.7 Å². The first-order valence-electron chi connectivity index (χ1n) is 12.4. The van der Waals surface area contributed by atoms with Gasteiger partial charge in [0.15, 0.2) is 5.76 Å². The van der Waals surface area contributed by atoms with Crippen LogP contribution in [0.5, 0.6) is 17.2 Å². The van der Waals surface area contributed by atoms with Gasteiger partial charge in [-0.25, -0.2) is 0 Å². The summed E-state index contributed by atoms with van der Waals surface area (Å²) in [7, 11) is 0. The Hall–Kier alpha value is -3.84. The topological polar surface area (TPSA) is 81.0 Å². The van der Waals surface area contributed by atoms with Gasteiger partial charge in [-0.05, 0) is 61.2 Å². The maximum Gasteiger partial charge on any atom is 0.250 e. The normalized spacial score (nSPS) is 21.7. The number of carbonyl (C=O) groups excluding carboxylic acids is 1. The van der Waals surface area contributed by atoms with E-state index in [2.05, 4.69) is 4.90 Å². The standard InChI is InChI=1S/C29H28N2O5/c1-2-35-21-8-6-18(7-9-21)13-26-28(34)22-10-11-25(32)23(29(22)36-26)17-30-14-19-12-20(16-30)24-4-3-5-27(33)31(24)15-19/h3-11,13,19-20,32H,2,12,14-17H2,1H3. The van der Waals surface area contributed by atoms with Gasteiger partial charge in [-0.15, -0.1) is 0 Å². The number of hydrogen-bond acceptors (Lipinski definition) is 6. The third-order valence-electron chi connectivity index (χ3n) is 7.34. The van der Waals surface area contributed by atoms with Crippen LogP contribution in [0.15, 0.2) is 65.2 Å². The van der Waals surface area contributed by atoms with Crippen molar-refractivity contribution in [2.75, 3.05) is 19.7 Å². The zero-order valence-electron chi connectivity index (χ0n) is 20.1. The van der Waals surface area contributed by atoms with Crippen LogP contribution < -0.4 is 15.0 Å². The van der Waals surface area contributed by atoms with Crippen LogP contribution >= 0.6 is 0 Å². The van der Waals surface area contributed by atoms with Crippen LogP contribution in [0.3, 0.4) is 0 Å². The van der Waals surface area contributed by atoms with E-state index in [1.165, 1.54) is 0 Å². The lowest BCUT2D eigenvalue weighted by Crippen LogP contribution is -2.46. The van der Waals surface area contributed by atoms with Gasteiger partial charge >= 0.3 is 0 Å². The molecule has 1 N–H and O–H groups in total. The molecule has 36 heavy (non-hydrogen) atoms. The van der Waals surface area contributed by atoms with Gasteiger partial charge in [-0.1, -0.05) is 18.2 Å². The van der Waals surface area contributed by atoms with Crippen LogP contribution in [0.25, 0.3) is 6.08 Å². The quantitative estimate of drug-likeness (QED) is 0.547. The van der Waals surface area contributed by atoms with E-state index >= 15 is 0 Å². The monoisotopic (exact) mass is 484 g/mol. The average Bonchev–Trinajstić information content (AvgIpc) is 3.18. The minimum atomic E-state index is -0.191. The fraction of sp³-hybridized carbons (Fsp3) is 0.310. The number of aromatic hydroxyl groups is 1. The zero-order chi connectivity index (χ0) is 24.8. The molecule has 6 rings (SSSR count). The first-order chi connectivity index (χ1) is 17.5. The number of pyridine rings is 1. The molecule has 0 radical (unpaired) electrons. The number of allylic oxidation sites excluding steroid dienone is 1. The fourth-order valence-corrected chi connectivity index (χ4v) is 5.78. The predicted octanol–water partition coefficient (Wildman–Crippen LogP) is 4.19. The summed E-state index contributed by atoms with van der Waals surface area (Å²) in [4.78, 5) is 27.7. The maximum atomic E-state index is 13.1. The highest BCUT2D eigenvalue weighted by atomic mass is 16.5. The molecular weight excluding hydrogens is 456 g/mol. The molecule has 4 heterocycles. The molecule has 3 aliphatic heterocycles. The third kappa shape index (κ3) is 3.99. The summed E-state index contributed by atoms with van der Waals surface area (Å²) in [6, 6.07) is 16.2. The number of aromatic nitrogens is 1. The number of benzene rings is 2. The van der Waals surface area contributed by atoms with E-state index in [4.69, 9.17) is 9.47 Å². The van der Waals surface area contributed by atoms with E-state index in [1.54, 1.807) is 24.3 Å². The first kappa shape index (κ1) is 22.6. The number of fused-ring (bicyclic) bond motifs is 5. The Bertz CT molecular complexity index is 1420. The van der Waals surface area contributed by atoms with E-state index in [-0.39, 0.29) is 28.8 Å². The molecule has 2 atom stereocenters. The van der Waals surface area contributed by atoms with Crippen molar-refractivity contribution in [2.45, 2.75) is 32.4 Å². The molecule has 0 aliphatic carbocycles. The Labute approximate surface area is 209 Å². The van der Waals surface area contributed by atoms with Crippen molar-refractivity contribution in [3.05, 3.63) is 93.1 Å². The molecule has 7 heteroatoms. The van der Waals surface area contributed by atoms with Gasteiger partial charge in [-0.3, -0.25) is 14.5 Å². The van der Waals surface area contributed by atoms with Gasteiger partial charge in [0.1, 0.15) is 17.2 Å². The van der Waals surface area contributed by atoms with Crippen LogP contribution in [-0.2, 0) is 13.1 Å². The number of rotatable bonds is 5. The highest BCUT2D eigenvalue weighted by Gasteiger charge is 2.36. The van der Waals surface area contributed by atoms with Gasteiger partial charge in [0.05, 0.1) is 17.7 Å². The molecule has 184 valence electrons. The Morgan fingerprint density at radius 3 is 2.69 bits per heavy atom. The van der Waals surface area contributed by atoms with E-state index in [1.807, 2.05) is 47.9 Å². The van der Waals surface area contributed by atoms with Gasteiger partial charge in [0, 0.05) is 43.9 Å². The SMILES string of the molecule is CCOc1ccc(C=C2Oc3c(ccc(O)c3CN3CC4CC(C3)c3cccc(=O)n3C4)C2=O)cc1. The summed E-state index contributed by atoms with van der Waals surface area (Å²) >= 11 is 0. The van der Waals surface area contributed by atoms with Gasteiger partial charge < -0.3 is 19.1 Å². The van der Waals surface area contributed by atoms with E-state index in [0.29, 0.717) is 42.5 Å². The molecule has 1 aromatic heterocycles. The van der Waals surface area contributed by atoms with Crippen LogP contribution in [0, 0.1) is 5.92 Å². The number of likely N-dealkylation sites (tertiary alicyclic amines) is 1. The Morgan fingerprint density at radius 2 is 1.89 bits per heavy atom. The van der Waals surface area contributed by atoms with Gasteiger partial charge in [0.25, 0.3) is 5.56 Å². The number of phenols is 1. The van der Waals surface area contributed by atoms with Crippen LogP contribution in [-0.4, -0.2) is 40.1 Å². The molecule has 0 saturated carbocycles. The lowest BCUT2D eigenvalue weighted by atomic mass is 9.83. The molecule has 1 fully saturated rings. The number of ether oxygens (including phenoxy) is 2. The van der Waals surface area contributed by atoms with Crippen molar-refractivity contribution in [1.29, 1.82) is 0 Å². The second-order valence-electron chi connectivity index (χ2n) is 9.77. The largest absolute Gasteiger partial charge is 0.507 e. The summed E-state index contributed by atoms with van der Waals surface area (Å²) in [6.07, 6.45) is 2.78. The third-order valence-corrected chi connectivity index (χ3v) is 7.34. The molecule has 3 aromatic rings. The number of Topliss-reactive ketones (excluding diaryl/α,β-unsaturated/α-hetero) is 1. The number of hydrogen-bond donors (Lipinski definition) is 1. The lowest BCUT2D eigenvalue weighted by molar-refractivity contribution is 0.101. The van der Waals surface area contributed by atoms with Crippen molar-refractivity contribution in [3.8, 4) is 17.2 Å². The fourth-order valence-electron chi connectivity index (χ4n) is 5.78. The number of piperidine rings is 1. The predicted molar refractivity (Wildman–Crippen MR) is 135 cm³/mol. The van der Waals surface area contributed by atoms with Gasteiger partial charge in [0.2, 0.25) is 5.78 Å². The molecule has 2 bridgehead atoms. The summed E-state index contributed by atoms with van der Waals surface area (Å²) in [5, 5.41) is 10.7. The zero-order valence-corrected chi connectivity index (χ0v) is 20.1. The second kappa shape index (κ2) is 8.99. The number of carbonyl (C=O) groups is 1. The Balaban J connectivity index is 1.25. The molecule has 2 unspecified atom stereocenters. The van der Waals surface area contributed by atoms with Crippen molar-refractivity contribution < 1.29 is 19.4 Å². The van der Waals surface area contributed by atoms with Crippen molar-refractivity contribution in [2.24, 2.45) is 5.92 Å². The smallest absolute Gasteiger partial charge is 0.250 e. The van der Waals surface area contributed by atoms with Crippen molar-refractivity contribution in [1.82, 2.24) is 9.47 Å². The molecule has 3 aliphatic rings. The highest BCUT2D eigenvalue weighted by molar-refractivity contribution is 6.15. The first-order valence-corrected chi connectivity index (χ1v) is 12.4. The van der Waals surface area contributed by atoms with E-state index in [0.717, 1.165) is 36.5 Å². The van der Waals surface area contributed by atoms with Crippen molar-refractivity contribution >= 4 is 11.9 Å². The van der Waals surface area contributed by atoms with Crippen LogP contribution in [0.1, 0.15) is 46.4 Å². The Kier molecular flexibility index (Phi) is 5.64. The molecule has 0 amide bonds. The maximum absolute atomic E-state index is 13.1. The lowest BCUT2D eigenvalue weighted by Gasteiger charge is -2.42. The summed E-state index contributed by atoms with van der Waals surface area (Å²) in [6.45, 7) is 5.32. The number of phenolic OH excluding ortho intramolecular Hbond substituents is 1. The number of nitrogens with zero attached hydrogens (tertiary/aromatic N) is 2. The Morgan fingerprint density at radius 1 is 1.06 bits per heavy atom. The average molecular weight is 485 g/mol. The summed E-state index contributed by atoms with van der Waals surface area (Å²) in [5.74, 6) is 2.01. The van der Waals surface area contributed by atoms with Crippen LogP contribution in [0.2, 0.25) is 0 Å². The van der Waals surface area contributed by atoms with Crippen LogP contribution in [0.4, 0.5) is 0 Å². The van der Waals surface area contributed by atoms with E-state index < -0.39 is 0 Å². The molecule has 1 saturated heterocycles. The number of ketones is 1. The molecular formula is C29H28N2O5. The minimum Gasteiger partial charge on any atom is -0.507 e. The molecule has 7 nitrogen and oxygen atoms in total. The van der Waals surface area contributed by atoms with Crippen molar-refractivity contribution in [3.63, 3.8) is 0 Å².